The Hall–Kier alpha value is -2.67. The summed E-state index contributed by atoms with van der Waals surface area (Å²) in [6, 6.07) is 6.07. The van der Waals surface area contributed by atoms with Gasteiger partial charge in [-0.05, 0) is 36.6 Å². The number of fused-ring (bicyclic) bond motifs is 2. The predicted molar refractivity (Wildman–Crippen MR) is 97.7 cm³/mol. The van der Waals surface area contributed by atoms with Gasteiger partial charge in [0.1, 0.15) is 11.6 Å². The zero-order chi connectivity index (χ0) is 17.4. The Bertz CT molecular complexity index is 796. The average molecular weight is 338 g/mol. The summed E-state index contributed by atoms with van der Waals surface area (Å²) in [5.74, 6) is 1.69. The second kappa shape index (κ2) is 6.00. The van der Waals surface area contributed by atoms with E-state index in [4.69, 9.17) is 5.73 Å². The number of pyridine rings is 2. The third kappa shape index (κ3) is 2.51. The highest BCUT2D eigenvalue weighted by molar-refractivity contribution is 6.05. The molecule has 4 heterocycles. The summed E-state index contributed by atoms with van der Waals surface area (Å²) in [6.45, 7) is 2.00. The van der Waals surface area contributed by atoms with Crippen LogP contribution in [0.3, 0.4) is 0 Å². The van der Waals surface area contributed by atoms with Crippen molar-refractivity contribution in [3.63, 3.8) is 0 Å². The van der Waals surface area contributed by atoms with Crippen LogP contribution in [-0.4, -0.2) is 36.0 Å². The molecule has 0 aromatic carbocycles. The highest BCUT2D eigenvalue weighted by Crippen LogP contribution is 2.44. The molecule has 4 rings (SSSR count). The number of nitrogens with one attached hydrogen (secondary N) is 2. The second-order valence-corrected chi connectivity index (χ2v) is 6.62. The van der Waals surface area contributed by atoms with Gasteiger partial charge in [-0.1, -0.05) is 0 Å². The molecule has 1 fully saturated rings. The minimum absolute atomic E-state index is 0.0577. The molecule has 25 heavy (non-hydrogen) atoms. The summed E-state index contributed by atoms with van der Waals surface area (Å²) >= 11 is 0. The molecule has 7 nitrogen and oxygen atoms in total. The molecule has 2 aromatic heterocycles. The van der Waals surface area contributed by atoms with Gasteiger partial charge in [-0.15, -0.1) is 0 Å². The smallest absolute Gasteiger partial charge is 0.236 e. The topological polar surface area (TPSA) is 96.2 Å². The molecule has 0 saturated carbocycles. The molecule has 1 spiro atoms. The average Bonchev–Trinajstić information content (AvgIpc) is 2.93. The molecule has 2 aliphatic rings. The zero-order valence-corrected chi connectivity index (χ0v) is 14.2. The van der Waals surface area contributed by atoms with Crippen LogP contribution in [0.2, 0.25) is 0 Å². The summed E-state index contributed by atoms with van der Waals surface area (Å²) in [5, 5.41) is 6.02. The highest BCUT2D eigenvalue weighted by atomic mass is 16.2. The fourth-order valence-electron chi connectivity index (χ4n) is 3.77. The molecule has 0 bridgehead atoms. The molecule has 2 aromatic rings. The van der Waals surface area contributed by atoms with Gasteiger partial charge in [-0.25, -0.2) is 9.97 Å². The third-order valence-corrected chi connectivity index (χ3v) is 5.34. The summed E-state index contributed by atoms with van der Waals surface area (Å²) in [4.78, 5) is 23.8. The Morgan fingerprint density at radius 2 is 2.08 bits per heavy atom. The van der Waals surface area contributed by atoms with E-state index in [1.807, 2.05) is 31.4 Å². The monoisotopic (exact) mass is 338 g/mol. The van der Waals surface area contributed by atoms with Gasteiger partial charge < -0.3 is 21.3 Å². The SMILES string of the molecule is CNc1ccc(N2CCC3(CC2)C(=O)Nc2ncc(CN)cc23)nc1. The maximum atomic E-state index is 12.7. The lowest BCUT2D eigenvalue weighted by Crippen LogP contribution is -2.46. The normalized spacial score (nSPS) is 18.2. The van der Waals surface area contributed by atoms with E-state index < -0.39 is 5.41 Å². The van der Waals surface area contributed by atoms with E-state index in [0.717, 1.165) is 48.6 Å². The van der Waals surface area contributed by atoms with E-state index in [1.54, 1.807) is 6.20 Å². The number of amides is 1. The van der Waals surface area contributed by atoms with Gasteiger partial charge in [0.15, 0.2) is 0 Å². The van der Waals surface area contributed by atoms with E-state index in [1.165, 1.54) is 0 Å². The Labute approximate surface area is 146 Å². The molecule has 1 saturated heterocycles. The quantitative estimate of drug-likeness (QED) is 0.784. The number of nitrogens with zero attached hydrogens (tertiary/aromatic N) is 3. The van der Waals surface area contributed by atoms with Crippen LogP contribution in [0.5, 0.6) is 0 Å². The fraction of sp³-hybridized carbons (Fsp3) is 0.389. The van der Waals surface area contributed by atoms with Crippen molar-refractivity contribution in [3.8, 4) is 0 Å². The van der Waals surface area contributed by atoms with Gasteiger partial charge in [-0.3, -0.25) is 4.79 Å². The van der Waals surface area contributed by atoms with E-state index in [-0.39, 0.29) is 5.91 Å². The molecule has 2 aliphatic heterocycles. The molecule has 0 atom stereocenters. The van der Waals surface area contributed by atoms with Crippen LogP contribution in [0, 0.1) is 0 Å². The number of anilines is 3. The van der Waals surface area contributed by atoms with Gasteiger partial charge in [0.25, 0.3) is 0 Å². The standard InChI is InChI=1S/C18H22N6O/c1-20-13-2-3-15(21-11-13)24-6-4-18(5-7-24)14-8-12(9-19)10-22-16(14)23-17(18)25/h2-3,8,10-11,20H,4-7,9,19H2,1H3,(H,22,23,25). The van der Waals surface area contributed by atoms with Crippen LogP contribution in [0.15, 0.2) is 30.6 Å². The number of hydrogen-bond acceptors (Lipinski definition) is 6. The summed E-state index contributed by atoms with van der Waals surface area (Å²) in [5.41, 5.74) is 8.21. The molecule has 7 heteroatoms. The van der Waals surface area contributed by atoms with Crippen molar-refractivity contribution in [1.29, 1.82) is 0 Å². The lowest BCUT2D eigenvalue weighted by atomic mass is 9.74. The Balaban J connectivity index is 1.57. The summed E-state index contributed by atoms with van der Waals surface area (Å²) in [7, 11) is 1.88. The van der Waals surface area contributed by atoms with E-state index in [9.17, 15) is 4.79 Å². The number of carbonyl (C=O) groups is 1. The van der Waals surface area contributed by atoms with Crippen LogP contribution in [-0.2, 0) is 16.8 Å². The molecule has 1 amide bonds. The summed E-state index contributed by atoms with van der Waals surface area (Å²) in [6.07, 6.45) is 5.06. The Kier molecular flexibility index (Phi) is 3.80. The van der Waals surface area contributed by atoms with E-state index in [2.05, 4.69) is 25.5 Å². The minimum atomic E-state index is -0.491. The molecule has 130 valence electrons. The van der Waals surface area contributed by atoms with Gasteiger partial charge in [0.2, 0.25) is 5.91 Å². The molecular formula is C18H22N6O. The fourth-order valence-corrected chi connectivity index (χ4v) is 3.77. The van der Waals surface area contributed by atoms with Crippen LogP contribution >= 0.6 is 0 Å². The lowest BCUT2D eigenvalue weighted by molar-refractivity contribution is -0.121. The van der Waals surface area contributed by atoms with E-state index in [0.29, 0.717) is 12.4 Å². The number of piperidine rings is 1. The number of hydrogen-bond donors (Lipinski definition) is 3. The first kappa shape index (κ1) is 15.8. The number of nitrogens with two attached hydrogens (primary N) is 1. The van der Waals surface area contributed by atoms with Crippen LogP contribution < -0.4 is 21.3 Å². The van der Waals surface area contributed by atoms with Gasteiger partial charge in [-0.2, -0.15) is 0 Å². The number of aromatic nitrogens is 2. The molecule has 0 aliphatic carbocycles. The first-order chi connectivity index (χ1) is 12.2. The number of rotatable bonds is 3. The highest BCUT2D eigenvalue weighted by Gasteiger charge is 2.49. The number of carbonyl (C=O) groups excluding carboxylic acids is 1. The predicted octanol–water partition coefficient (Wildman–Crippen LogP) is 1.47. The lowest BCUT2D eigenvalue weighted by Gasteiger charge is -2.38. The molecular weight excluding hydrogens is 316 g/mol. The minimum Gasteiger partial charge on any atom is -0.387 e. The van der Waals surface area contributed by atoms with Crippen molar-refractivity contribution in [3.05, 3.63) is 41.7 Å². The van der Waals surface area contributed by atoms with E-state index >= 15 is 0 Å². The van der Waals surface area contributed by atoms with Gasteiger partial charge in [0, 0.05) is 38.4 Å². The van der Waals surface area contributed by atoms with Crippen molar-refractivity contribution < 1.29 is 4.79 Å². The van der Waals surface area contributed by atoms with Crippen LogP contribution in [0.4, 0.5) is 17.3 Å². The third-order valence-electron chi connectivity index (χ3n) is 5.34. The van der Waals surface area contributed by atoms with Crippen molar-refractivity contribution >= 4 is 23.2 Å². The van der Waals surface area contributed by atoms with Crippen LogP contribution in [0.25, 0.3) is 0 Å². The summed E-state index contributed by atoms with van der Waals surface area (Å²) < 4.78 is 0. The van der Waals surface area contributed by atoms with Crippen LogP contribution in [0.1, 0.15) is 24.0 Å². The van der Waals surface area contributed by atoms with Crippen molar-refractivity contribution in [2.45, 2.75) is 24.8 Å². The van der Waals surface area contributed by atoms with Crippen molar-refractivity contribution in [1.82, 2.24) is 9.97 Å². The maximum Gasteiger partial charge on any atom is 0.236 e. The molecule has 0 unspecified atom stereocenters. The van der Waals surface area contributed by atoms with Crippen molar-refractivity contribution in [2.75, 3.05) is 35.7 Å². The first-order valence-corrected chi connectivity index (χ1v) is 8.56. The van der Waals surface area contributed by atoms with Gasteiger partial charge >= 0.3 is 0 Å². The Morgan fingerprint density at radius 1 is 1.28 bits per heavy atom. The van der Waals surface area contributed by atoms with Crippen molar-refractivity contribution in [2.24, 2.45) is 5.73 Å². The first-order valence-electron chi connectivity index (χ1n) is 8.56. The maximum absolute atomic E-state index is 12.7. The largest absolute Gasteiger partial charge is 0.387 e. The second-order valence-electron chi connectivity index (χ2n) is 6.62. The zero-order valence-electron chi connectivity index (χ0n) is 14.2. The molecule has 0 radical (unpaired) electrons. The van der Waals surface area contributed by atoms with Gasteiger partial charge in [0.05, 0.1) is 17.3 Å². The Morgan fingerprint density at radius 3 is 2.72 bits per heavy atom. The molecule has 4 N–H and O–H groups in total.